The Kier molecular flexibility index (Phi) is 3.75. The molecule has 0 bridgehead atoms. The van der Waals surface area contributed by atoms with E-state index in [1.165, 1.54) is 0 Å². The maximum Gasteiger partial charge on any atom is 0.143 e. The Morgan fingerprint density at radius 1 is 1.69 bits per heavy atom. The summed E-state index contributed by atoms with van der Waals surface area (Å²) in [6.07, 6.45) is 2.76. The fourth-order valence-electron chi connectivity index (χ4n) is 1.65. The monoisotopic (exact) mass is 281 g/mol. The zero-order valence-corrected chi connectivity index (χ0v) is 10.3. The molecular weight excluding hydrogens is 270 g/mol. The molecule has 4 nitrogen and oxygen atoms in total. The van der Waals surface area contributed by atoms with Gasteiger partial charge in [0.05, 0.1) is 12.2 Å². The van der Waals surface area contributed by atoms with Crippen molar-refractivity contribution in [3.05, 3.63) is 22.3 Å². The SMILES string of the molecule is N#Cc1cc(Br)cnc1NCC1CCOC1. The van der Waals surface area contributed by atoms with Crippen LogP contribution < -0.4 is 5.32 Å². The van der Waals surface area contributed by atoms with Crippen molar-refractivity contribution >= 4 is 21.7 Å². The average Bonchev–Trinajstić information content (AvgIpc) is 2.80. The molecule has 16 heavy (non-hydrogen) atoms. The van der Waals surface area contributed by atoms with Gasteiger partial charge in [0, 0.05) is 29.7 Å². The molecule has 0 radical (unpaired) electrons. The summed E-state index contributed by atoms with van der Waals surface area (Å²) in [6.45, 7) is 2.44. The first-order valence-electron chi connectivity index (χ1n) is 5.17. The lowest BCUT2D eigenvalue weighted by Gasteiger charge is -2.10. The van der Waals surface area contributed by atoms with E-state index in [0.29, 0.717) is 17.3 Å². The van der Waals surface area contributed by atoms with Gasteiger partial charge in [0.1, 0.15) is 11.9 Å². The molecule has 0 aliphatic carbocycles. The zero-order valence-electron chi connectivity index (χ0n) is 8.74. The second-order valence-electron chi connectivity index (χ2n) is 3.77. The molecule has 2 heterocycles. The molecular formula is C11H12BrN3O. The summed E-state index contributed by atoms with van der Waals surface area (Å²) in [4.78, 5) is 4.19. The van der Waals surface area contributed by atoms with E-state index in [0.717, 1.165) is 30.7 Å². The normalized spacial score (nSPS) is 19.4. The number of ether oxygens (including phenoxy) is 1. The smallest absolute Gasteiger partial charge is 0.143 e. The average molecular weight is 282 g/mol. The Bertz CT molecular complexity index is 410. The van der Waals surface area contributed by atoms with Gasteiger partial charge in [0.15, 0.2) is 0 Å². The second-order valence-corrected chi connectivity index (χ2v) is 4.69. The number of hydrogen-bond acceptors (Lipinski definition) is 4. The van der Waals surface area contributed by atoms with Crippen molar-refractivity contribution in [1.29, 1.82) is 5.26 Å². The predicted octanol–water partition coefficient (Wildman–Crippen LogP) is 2.16. The molecule has 0 amide bonds. The summed E-state index contributed by atoms with van der Waals surface area (Å²) in [5.74, 6) is 1.18. The maximum absolute atomic E-state index is 8.96. The number of nitrogens with zero attached hydrogens (tertiary/aromatic N) is 2. The van der Waals surface area contributed by atoms with Crippen LogP contribution in [0.2, 0.25) is 0 Å². The molecule has 1 N–H and O–H groups in total. The lowest BCUT2D eigenvalue weighted by atomic mass is 10.1. The number of hydrogen-bond donors (Lipinski definition) is 1. The summed E-state index contributed by atoms with van der Waals surface area (Å²) >= 11 is 3.29. The quantitative estimate of drug-likeness (QED) is 0.923. The van der Waals surface area contributed by atoms with Gasteiger partial charge in [-0.3, -0.25) is 0 Å². The Morgan fingerprint density at radius 3 is 3.25 bits per heavy atom. The van der Waals surface area contributed by atoms with Gasteiger partial charge in [-0.2, -0.15) is 5.26 Å². The molecule has 84 valence electrons. The predicted molar refractivity (Wildman–Crippen MR) is 64.1 cm³/mol. The van der Waals surface area contributed by atoms with Gasteiger partial charge in [-0.1, -0.05) is 0 Å². The highest BCUT2D eigenvalue weighted by molar-refractivity contribution is 9.10. The molecule has 1 aliphatic rings. The standard InChI is InChI=1S/C11H12BrN3O/c12-10-3-9(4-13)11(15-6-10)14-5-8-1-2-16-7-8/h3,6,8H,1-2,5,7H2,(H,14,15). The lowest BCUT2D eigenvalue weighted by molar-refractivity contribution is 0.187. The summed E-state index contributed by atoms with van der Waals surface area (Å²) < 4.78 is 6.11. The first-order chi connectivity index (χ1) is 7.79. The van der Waals surface area contributed by atoms with E-state index in [9.17, 15) is 0 Å². The number of pyridine rings is 1. The van der Waals surface area contributed by atoms with Crippen molar-refractivity contribution in [1.82, 2.24) is 4.98 Å². The Balaban J connectivity index is 2.00. The summed E-state index contributed by atoms with van der Waals surface area (Å²) in [5.41, 5.74) is 0.563. The number of rotatable bonds is 3. The van der Waals surface area contributed by atoms with Gasteiger partial charge in [-0.05, 0) is 28.4 Å². The highest BCUT2D eigenvalue weighted by atomic mass is 79.9. The van der Waals surface area contributed by atoms with Gasteiger partial charge in [0.2, 0.25) is 0 Å². The molecule has 5 heteroatoms. The molecule has 1 atom stereocenters. The van der Waals surface area contributed by atoms with Gasteiger partial charge in [-0.25, -0.2) is 4.98 Å². The first kappa shape index (κ1) is 11.4. The zero-order chi connectivity index (χ0) is 11.4. The molecule has 1 fully saturated rings. The fraction of sp³-hybridized carbons (Fsp3) is 0.455. The highest BCUT2D eigenvalue weighted by Gasteiger charge is 2.16. The fourth-order valence-corrected chi connectivity index (χ4v) is 1.98. The van der Waals surface area contributed by atoms with E-state index in [1.54, 1.807) is 12.3 Å². The van der Waals surface area contributed by atoms with E-state index < -0.39 is 0 Å². The third-order valence-electron chi connectivity index (χ3n) is 2.56. The van der Waals surface area contributed by atoms with Crippen LogP contribution in [-0.2, 0) is 4.74 Å². The van der Waals surface area contributed by atoms with Crippen molar-refractivity contribution in [2.45, 2.75) is 6.42 Å². The van der Waals surface area contributed by atoms with Crippen LogP contribution in [0.4, 0.5) is 5.82 Å². The van der Waals surface area contributed by atoms with E-state index in [-0.39, 0.29) is 0 Å². The van der Waals surface area contributed by atoms with E-state index in [4.69, 9.17) is 10.00 Å². The molecule has 1 unspecified atom stereocenters. The minimum Gasteiger partial charge on any atom is -0.381 e. The lowest BCUT2D eigenvalue weighted by Crippen LogP contribution is -2.15. The molecule has 1 aromatic rings. The van der Waals surface area contributed by atoms with Crippen molar-refractivity contribution < 1.29 is 4.74 Å². The Hall–Kier alpha value is -1.12. The third-order valence-corrected chi connectivity index (χ3v) is 2.99. The molecule has 2 rings (SSSR count). The largest absolute Gasteiger partial charge is 0.381 e. The van der Waals surface area contributed by atoms with Crippen LogP contribution in [0.15, 0.2) is 16.7 Å². The Labute approximate surface area is 103 Å². The van der Waals surface area contributed by atoms with Crippen molar-refractivity contribution in [3.8, 4) is 6.07 Å². The van der Waals surface area contributed by atoms with Gasteiger partial charge in [-0.15, -0.1) is 0 Å². The number of halogens is 1. The highest BCUT2D eigenvalue weighted by Crippen LogP contribution is 2.18. The van der Waals surface area contributed by atoms with Crippen molar-refractivity contribution in [3.63, 3.8) is 0 Å². The molecule has 1 aromatic heterocycles. The molecule has 0 saturated carbocycles. The molecule has 1 saturated heterocycles. The maximum atomic E-state index is 8.96. The van der Waals surface area contributed by atoms with Crippen molar-refractivity contribution in [2.24, 2.45) is 5.92 Å². The second kappa shape index (κ2) is 5.28. The summed E-state index contributed by atoms with van der Waals surface area (Å²) in [7, 11) is 0. The molecule has 0 spiro atoms. The van der Waals surface area contributed by atoms with Crippen LogP contribution in [0, 0.1) is 17.2 Å². The third kappa shape index (κ3) is 2.71. The number of nitriles is 1. The van der Waals surface area contributed by atoms with E-state index in [1.807, 2.05) is 0 Å². The topological polar surface area (TPSA) is 57.9 Å². The van der Waals surface area contributed by atoms with E-state index >= 15 is 0 Å². The number of aromatic nitrogens is 1. The van der Waals surface area contributed by atoms with Gasteiger partial charge in [0.25, 0.3) is 0 Å². The molecule has 0 aromatic carbocycles. The van der Waals surface area contributed by atoms with Crippen LogP contribution in [0.25, 0.3) is 0 Å². The number of anilines is 1. The van der Waals surface area contributed by atoms with Gasteiger partial charge >= 0.3 is 0 Å². The first-order valence-corrected chi connectivity index (χ1v) is 5.96. The molecule has 1 aliphatic heterocycles. The van der Waals surface area contributed by atoms with E-state index in [2.05, 4.69) is 32.3 Å². The van der Waals surface area contributed by atoms with Crippen molar-refractivity contribution in [2.75, 3.05) is 25.1 Å². The van der Waals surface area contributed by atoms with Crippen LogP contribution in [-0.4, -0.2) is 24.7 Å². The van der Waals surface area contributed by atoms with Gasteiger partial charge < -0.3 is 10.1 Å². The van der Waals surface area contributed by atoms with Crippen LogP contribution in [0.1, 0.15) is 12.0 Å². The Morgan fingerprint density at radius 2 is 2.56 bits per heavy atom. The van der Waals surface area contributed by atoms with Crippen LogP contribution in [0.5, 0.6) is 0 Å². The van der Waals surface area contributed by atoms with Crippen LogP contribution >= 0.6 is 15.9 Å². The van der Waals surface area contributed by atoms with Crippen LogP contribution in [0.3, 0.4) is 0 Å². The minimum absolute atomic E-state index is 0.525. The summed E-state index contributed by atoms with van der Waals surface area (Å²) in [5, 5.41) is 12.2. The summed E-state index contributed by atoms with van der Waals surface area (Å²) in [6, 6.07) is 3.89. The minimum atomic E-state index is 0.525. The number of nitrogens with one attached hydrogen (secondary N) is 1.